The Hall–Kier alpha value is -0.650. The molecule has 0 radical (unpaired) electrons. The quantitative estimate of drug-likeness (QED) is 0.680. The van der Waals surface area contributed by atoms with Crippen LogP contribution >= 0.6 is 0 Å². The molecule has 2 atom stereocenters. The molecule has 2 rings (SSSR count). The lowest BCUT2D eigenvalue weighted by molar-refractivity contribution is -0.145. The second kappa shape index (κ2) is 7.82. The zero-order valence-corrected chi connectivity index (χ0v) is 11.8. The van der Waals surface area contributed by atoms with E-state index >= 15 is 0 Å². The van der Waals surface area contributed by atoms with Gasteiger partial charge < -0.3 is 14.2 Å². The molecule has 2 saturated heterocycles. The molecular weight excluding hydrogens is 246 g/mol. The number of ether oxygens (including phenoxy) is 3. The van der Waals surface area contributed by atoms with Gasteiger partial charge >= 0.3 is 5.97 Å². The highest BCUT2D eigenvalue weighted by atomic mass is 16.5. The van der Waals surface area contributed by atoms with E-state index in [1.807, 2.05) is 0 Å². The average Bonchev–Trinajstić information content (AvgIpc) is 2.92. The monoisotopic (exact) mass is 271 g/mol. The van der Waals surface area contributed by atoms with Crippen molar-refractivity contribution in [3.8, 4) is 0 Å². The summed E-state index contributed by atoms with van der Waals surface area (Å²) in [6.07, 6.45) is 5.57. The zero-order chi connectivity index (χ0) is 13.5. The summed E-state index contributed by atoms with van der Waals surface area (Å²) in [6, 6.07) is 0. The van der Waals surface area contributed by atoms with Crippen molar-refractivity contribution in [3.05, 3.63) is 0 Å². The third-order valence-corrected chi connectivity index (χ3v) is 3.87. The molecule has 0 bridgehead atoms. The fraction of sp³-hybridized carbons (Fsp3) is 0.929. The lowest BCUT2D eigenvalue weighted by Crippen LogP contribution is -2.43. The Labute approximate surface area is 115 Å². The Morgan fingerprint density at radius 1 is 1.32 bits per heavy atom. The van der Waals surface area contributed by atoms with Crippen molar-refractivity contribution >= 4 is 5.97 Å². The van der Waals surface area contributed by atoms with Crippen LogP contribution in [-0.4, -0.2) is 63.0 Å². The zero-order valence-electron chi connectivity index (χ0n) is 11.8. The lowest BCUT2D eigenvalue weighted by Gasteiger charge is -2.32. The smallest absolute Gasteiger partial charge is 0.308 e. The van der Waals surface area contributed by atoms with Gasteiger partial charge in [0.15, 0.2) is 0 Å². The second-order valence-corrected chi connectivity index (χ2v) is 5.35. The van der Waals surface area contributed by atoms with Gasteiger partial charge in [0.2, 0.25) is 0 Å². The van der Waals surface area contributed by atoms with E-state index in [-0.39, 0.29) is 12.1 Å². The summed E-state index contributed by atoms with van der Waals surface area (Å²) < 4.78 is 15.9. The minimum absolute atomic E-state index is 0.0102. The van der Waals surface area contributed by atoms with Gasteiger partial charge in [-0.15, -0.1) is 0 Å². The molecule has 2 fully saturated rings. The molecule has 0 N–H and O–H groups in total. The van der Waals surface area contributed by atoms with Gasteiger partial charge in [-0.1, -0.05) is 0 Å². The molecule has 2 aliphatic rings. The molecule has 0 saturated carbocycles. The molecule has 2 heterocycles. The summed E-state index contributed by atoms with van der Waals surface area (Å²) in [7, 11) is 1.42. The van der Waals surface area contributed by atoms with E-state index in [1.165, 1.54) is 20.0 Å². The topological polar surface area (TPSA) is 48.0 Å². The molecule has 19 heavy (non-hydrogen) atoms. The average molecular weight is 271 g/mol. The number of rotatable bonds is 6. The first-order chi connectivity index (χ1) is 9.28. The van der Waals surface area contributed by atoms with Crippen molar-refractivity contribution < 1.29 is 19.0 Å². The maximum Gasteiger partial charge on any atom is 0.308 e. The van der Waals surface area contributed by atoms with Gasteiger partial charge in [0.25, 0.3) is 0 Å². The SMILES string of the molecule is COC(=O)CC1CN(CCCC2CCCO2)CCO1. The third-order valence-electron chi connectivity index (χ3n) is 3.87. The van der Waals surface area contributed by atoms with E-state index in [4.69, 9.17) is 9.47 Å². The molecule has 0 aromatic carbocycles. The molecule has 5 heteroatoms. The number of esters is 1. The number of methoxy groups -OCH3 is 1. The summed E-state index contributed by atoms with van der Waals surface area (Å²) in [5.74, 6) is -0.189. The second-order valence-electron chi connectivity index (χ2n) is 5.35. The molecule has 0 aromatic heterocycles. The number of carbonyl (C=O) groups is 1. The third kappa shape index (κ3) is 5.09. The Bertz CT molecular complexity index is 279. The van der Waals surface area contributed by atoms with E-state index in [1.54, 1.807) is 0 Å². The minimum atomic E-state index is -0.189. The highest BCUT2D eigenvalue weighted by Crippen LogP contribution is 2.17. The Balaban J connectivity index is 1.61. The van der Waals surface area contributed by atoms with Crippen LogP contribution in [0, 0.1) is 0 Å². The van der Waals surface area contributed by atoms with E-state index in [0.717, 1.165) is 39.1 Å². The number of nitrogens with zero attached hydrogens (tertiary/aromatic N) is 1. The first-order valence-electron chi connectivity index (χ1n) is 7.30. The van der Waals surface area contributed by atoms with Crippen LogP contribution in [0.3, 0.4) is 0 Å². The Morgan fingerprint density at radius 3 is 2.89 bits per heavy atom. The van der Waals surface area contributed by atoms with Crippen LogP contribution in [0.15, 0.2) is 0 Å². The number of morpholine rings is 1. The normalized spacial score (nSPS) is 28.5. The van der Waals surface area contributed by atoms with Crippen molar-refractivity contribution in [1.82, 2.24) is 4.90 Å². The van der Waals surface area contributed by atoms with Crippen LogP contribution in [-0.2, 0) is 19.0 Å². The van der Waals surface area contributed by atoms with Crippen LogP contribution in [0.25, 0.3) is 0 Å². The van der Waals surface area contributed by atoms with Crippen molar-refractivity contribution in [1.29, 1.82) is 0 Å². The van der Waals surface area contributed by atoms with Gasteiger partial charge in [0.1, 0.15) is 0 Å². The van der Waals surface area contributed by atoms with E-state index in [9.17, 15) is 4.79 Å². The molecule has 5 nitrogen and oxygen atoms in total. The predicted molar refractivity (Wildman–Crippen MR) is 71.0 cm³/mol. The molecule has 2 aliphatic heterocycles. The fourth-order valence-corrected chi connectivity index (χ4v) is 2.79. The maximum absolute atomic E-state index is 11.2. The van der Waals surface area contributed by atoms with Gasteiger partial charge in [-0.25, -0.2) is 0 Å². The molecule has 2 unspecified atom stereocenters. The van der Waals surface area contributed by atoms with Crippen LogP contribution < -0.4 is 0 Å². The largest absolute Gasteiger partial charge is 0.469 e. The molecule has 0 aliphatic carbocycles. The Kier molecular flexibility index (Phi) is 6.07. The molecule has 0 amide bonds. The van der Waals surface area contributed by atoms with Crippen molar-refractivity contribution in [2.75, 3.05) is 40.0 Å². The van der Waals surface area contributed by atoms with Crippen molar-refractivity contribution in [3.63, 3.8) is 0 Å². The first kappa shape index (κ1) is 14.8. The number of hydrogen-bond donors (Lipinski definition) is 0. The summed E-state index contributed by atoms with van der Waals surface area (Å²) in [5, 5.41) is 0. The number of hydrogen-bond acceptors (Lipinski definition) is 5. The standard InChI is InChI=1S/C14H25NO4/c1-17-14(16)10-13-11-15(7-9-19-13)6-2-4-12-5-3-8-18-12/h12-13H,2-11H2,1H3. The summed E-state index contributed by atoms with van der Waals surface area (Å²) in [6.45, 7) is 4.51. The maximum atomic E-state index is 11.2. The van der Waals surface area contributed by atoms with Crippen LogP contribution in [0.1, 0.15) is 32.1 Å². The summed E-state index contributed by atoms with van der Waals surface area (Å²) in [5.41, 5.74) is 0. The summed E-state index contributed by atoms with van der Waals surface area (Å²) >= 11 is 0. The molecule has 0 spiro atoms. The van der Waals surface area contributed by atoms with Crippen LogP contribution in [0.2, 0.25) is 0 Å². The summed E-state index contributed by atoms with van der Waals surface area (Å²) in [4.78, 5) is 13.6. The van der Waals surface area contributed by atoms with Crippen LogP contribution in [0.4, 0.5) is 0 Å². The molecule has 110 valence electrons. The first-order valence-corrected chi connectivity index (χ1v) is 7.30. The molecule has 0 aromatic rings. The van der Waals surface area contributed by atoms with Gasteiger partial charge in [0.05, 0.1) is 32.3 Å². The highest BCUT2D eigenvalue weighted by Gasteiger charge is 2.23. The predicted octanol–water partition coefficient (Wildman–Crippen LogP) is 1.21. The Morgan fingerprint density at radius 2 is 2.16 bits per heavy atom. The lowest BCUT2D eigenvalue weighted by atomic mass is 10.1. The molecular formula is C14H25NO4. The minimum Gasteiger partial charge on any atom is -0.469 e. The fourth-order valence-electron chi connectivity index (χ4n) is 2.79. The van der Waals surface area contributed by atoms with Crippen LogP contribution in [0.5, 0.6) is 0 Å². The number of carbonyl (C=O) groups excluding carboxylic acids is 1. The highest BCUT2D eigenvalue weighted by molar-refractivity contribution is 5.69. The van der Waals surface area contributed by atoms with Gasteiger partial charge in [-0.2, -0.15) is 0 Å². The van der Waals surface area contributed by atoms with E-state index < -0.39 is 0 Å². The van der Waals surface area contributed by atoms with Crippen molar-refractivity contribution in [2.45, 2.75) is 44.3 Å². The van der Waals surface area contributed by atoms with E-state index in [0.29, 0.717) is 19.1 Å². The van der Waals surface area contributed by atoms with Crippen molar-refractivity contribution in [2.24, 2.45) is 0 Å². The van der Waals surface area contributed by atoms with E-state index in [2.05, 4.69) is 9.64 Å². The van der Waals surface area contributed by atoms with Gasteiger partial charge in [-0.05, 0) is 32.2 Å². The van der Waals surface area contributed by atoms with Gasteiger partial charge in [-0.3, -0.25) is 9.69 Å². The van der Waals surface area contributed by atoms with Gasteiger partial charge in [0, 0.05) is 19.7 Å².